The topological polar surface area (TPSA) is 18.5 Å². The van der Waals surface area contributed by atoms with Gasteiger partial charge in [0, 0.05) is 13.1 Å². The van der Waals surface area contributed by atoms with E-state index < -0.39 is 0 Å². The number of hydrogen-bond acceptors (Lipinski definition) is 3. The van der Waals surface area contributed by atoms with Crippen LogP contribution in [0.5, 0.6) is 0 Å². The first-order chi connectivity index (χ1) is 7.45. The molecular weight excluding hydrogens is 186 g/mol. The number of hydrazine groups is 1. The van der Waals surface area contributed by atoms with Crippen LogP contribution in [0.2, 0.25) is 0 Å². The van der Waals surface area contributed by atoms with Gasteiger partial charge in [0.2, 0.25) is 0 Å². The zero-order valence-electron chi connectivity index (χ0n) is 8.95. The minimum Gasteiger partial charge on any atom is -0.365 e. The van der Waals surface area contributed by atoms with Gasteiger partial charge in [0.25, 0.3) is 0 Å². The summed E-state index contributed by atoms with van der Waals surface area (Å²) < 4.78 is 0. The monoisotopic (exact) mass is 203 g/mol. The SMILES string of the molecule is c1ccc2c(c1)NCN2N1CCCCC1. The molecule has 0 spiro atoms. The molecule has 0 saturated carbocycles. The van der Waals surface area contributed by atoms with E-state index in [4.69, 9.17) is 0 Å². The Hall–Kier alpha value is -1.22. The summed E-state index contributed by atoms with van der Waals surface area (Å²) in [6.45, 7) is 3.34. The van der Waals surface area contributed by atoms with Gasteiger partial charge in [-0.2, -0.15) is 0 Å². The summed E-state index contributed by atoms with van der Waals surface area (Å²) in [6.07, 6.45) is 4.05. The Morgan fingerprint density at radius 2 is 1.80 bits per heavy atom. The van der Waals surface area contributed by atoms with Gasteiger partial charge in [-0.05, 0) is 25.0 Å². The fraction of sp³-hybridized carbons (Fsp3) is 0.500. The molecule has 15 heavy (non-hydrogen) atoms. The normalized spacial score (nSPS) is 21.2. The number of benzene rings is 1. The molecule has 0 aliphatic carbocycles. The smallest absolute Gasteiger partial charge is 0.103 e. The minimum absolute atomic E-state index is 0.930. The van der Waals surface area contributed by atoms with Crippen molar-refractivity contribution >= 4 is 11.4 Å². The standard InChI is InChI=1S/C12H17N3/c1-4-8-14(9-5-1)15-10-13-11-6-2-3-7-12(11)15/h2-3,6-7,13H,1,4-5,8-10H2. The first-order valence-corrected chi connectivity index (χ1v) is 5.80. The van der Waals surface area contributed by atoms with Crippen LogP contribution in [0.4, 0.5) is 11.4 Å². The van der Waals surface area contributed by atoms with Crippen molar-refractivity contribution in [3.05, 3.63) is 24.3 Å². The van der Waals surface area contributed by atoms with Crippen LogP contribution in [0.3, 0.4) is 0 Å². The van der Waals surface area contributed by atoms with Gasteiger partial charge in [-0.25, -0.2) is 5.01 Å². The minimum atomic E-state index is 0.930. The molecule has 2 aliphatic rings. The molecule has 1 fully saturated rings. The molecule has 1 aromatic carbocycles. The van der Waals surface area contributed by atoms with Crippen LogP contribution >= 0.6 is 0 Å². The van der Waals surface area contributed by atoms with Gasteiger partial charge in [-0.3, -0.25) is 5.01 Å². The summed E-state index contributed by atoms with van der Waals surface area (Å²) in [5.74, 6) is 0. The molecule has 1 N–H and O–H groups in total. The maximum Gasteiger partial charge on any atom is 0.103 e. The Kier molecular flexibility index (Phi) is 2.25. The third kappa shape index (κ3) is 1.57. The second kappa shape index (κ2) is 3.74. The number of piperidine rings is 1. The van der Waals surface area contributed by atoms with E-state index in [1.54, 1.807) is 0 Å². The zero-order chi connectivity index (χ0) is 10.1. The summed E-state index contributed by atoms with van der Waals surface area (Å²) in [7, 11) is 0. The third-order valence-electron chi connectivity index (χ3n) is 3.28. The second-order valence-electron chi connectivity index (χ2n) is 4.27. The first kappa shape index (κ1) is 9.04. The fourth-order valence-electron chi connectivity index (χ4n) is 2.46. The molecule has 3 heteroatoms. The van der Waals surface area contributed by atoms with Crippen LogP contribution in [-0.4, -0.2) is 24.8 Å². The number of anilines is 2. The summed E-state index contributed by atoms with van der Waals surface area (Å²) in [4.78, 5) is 0. The van der Waals surface area contributed by atoms with Crippen molar-refractivity contribution in [3.8, 4) is 0 Å². The number of nitrogens with zero attached hydrogens (tertiary/aromatic N) is 2. The molecule has 2 aliphatic heterocycles. The quantitative estimate of drug-likeness (QED) is 0.755. The Bertz CT molecular complexity index is 344. The summed E-state index contributed by atoms with van der Waals surface area (Å²) in [5, 5.41) is 8.29. The van der Waals surface area contributed by atoms with E-state index in [0.29, 0.717) is 0 Å². The molecule has 80 valence electrons. The van der Waals surface area contributed by atoms with Gasteiger partial charge < -0.3 is 5.32 Å². The highest BCUT2D eigenvalue weighted by Gasteiger charge is 2.24. The van der Waals surface area contributed by atoms with E-state index in [9.17, 15) is 0 Å². The van der Waals surface area contributed by atoms with Crippen molar-refractivity contribution in [2.24, 2.45) is 0 Å². The average Bonchev–Trinajstić information content (AvgIpc) is 2.74. The predicted octanol–water partition coefficient (Wildman–Crippen LogP) is 2.28. The lowest BCUT2D eigenvalue weighted by Gasteiger charge is -2.35. The van der Waals surface area contributed by atoms with Crippen molar-refractivity contribution in [3.63, 3.8) is 0 Å². The average molecular weight is 203 g/mol. The van der Waals surface area contributed by atoms with Crippen LogP contribution in [0.25, 0.3) is 0 Å². The van der Waals surface area contributed by atoms with Crippen molar-refractivity contribution in [2.75, 3.05) is 30.1 Å². The Morgan fingerprint density at radius 3 is 2.67 bits per heavy atom. The molecule has 0 aromatic heterocycles. The maximum absolute atomic E-state index is 3.43. The van der Waals surface area contributed by atoms with E-state index in [0.717, 1.165) is 6.67 Å². The van der Waals surface area contributed by atoms with Gasteiger partial charge in [-0.1, -0.05) is 18.6 Å². The fourth-order valence-corrected chi connectivity index (χ4v) is 2.46. The van der Waals surface area contributed by atoms with Crippen LogP contribution in [0.1, 0.15) is 19.3 Å². The number of rotatable bonds is 1. The summed E-state index contributed by atoms with van der Waals surface area (Å²) in [6, 6.07) is 8.55. The molecule has 0 radical (unpaired) electrons. The number of nitrogens with one attached hydrogen (secondary N) is 1. The lowest BCUT2D eigenvalue weighted by molar-refractivity contribution is 0.215. The van der Waals surface area contributed by atoms with E-state index in [-0.39, 0.29) is 0 Å². The molecule has 3 nitrogen and oxygen atoms in total. The molecule has 0 amide bonds. The van der Waals surface area contributed by atoms with Crippen molar-refractivity contribution in [1.29, 1.82) is 0 Å². The molecule has 0 unspecified atom stereocenters. The van der Waals surface area contributed by atoms with Gasteiger partial charge in [-0.15, -0.1) is 0 Å². The van der Waals surface area contributed by atoms with Gasteiger partial charge in [0.1, 0.15) is 6.67 Å². The first-order valence-electron chi connectivity index (χ1n) is 5.80. The molecule has 0 bridgehead atoms. The van der Waals surface area contributed by atoms with Gasteiger partial charge >= 0.3 is 0 Å². The molecule has 3 rings (SSSR count). The molecule has 1 saturated heterocycles. The molecule has 1 aromatic rings. The van der Waals surface area contributed by atoms with E-state index in [1.165, 1.54) is 43.7 Å². The summed E-state index contributed by atoms with van der Waals surface area (Å²) in [5.41, 5.74) is 2.60. The Morgan fingerprint density at radius 1 is 1.00 bits per heavy atom. The number of hydrogen-bond donors (Lipinski definition) is 1. The van der Waals surface area contributed by atoms with Gasteiger partial charge in [0.05, 0.1) is 11.4 Å². The van der Waals surface area contributed by atoms with E-state index in [2.05, 4.69) is 39.6 Å². The van der Waals surface area contributed by atoms with Crippen LogP contribution in [0, 0.1) is 0 Å². The van der Waals surface area contributed by atoms with Crippen molar-refractivity contribution in [1.82, 2.24) is 5.01 Å². The highest BCUT2D eigenvalue weighted by Crippen LogP contribution is 2.32. The van der Waals surface area contributed by atoms with Crippen molar-refractivity contribution < 1.29 is 0 Å². The molecule has 2 heterocycles. The van der Waals surface area contributed by atoms with Crippen molar-refractivity contribution in [2.45, 2.75) is 19.3 Å². The maximum atomic E-state index is 3.43. The highest BCUT2D eigenvalue weighted by atomic mass is 15.7. The third-order valence-corrected chi connectivity index (χ3v) is 3.28. The lowest BCUT2D eigenvalue weighted by Crippen LogP contribution is -2.45. The van der Waals surface area contributed by atoms with E-state index in [1.807, 2.05) is 0 Å². The van der Waals surface area contributed by atoms with Crippen LogP contribution in [-0.2, 0) is 0 Å². The second-order valence-corrected chi connectivity index (χ2v) is 4.27. The van der Waals surface area contributed by atoms with Crippen LogP contribution in [0.15, 0.2) is 24.3 Å². The summed E-state index contributed by atoms with van der Waals surface area (Å²) >= 11 is 0. The van der Waals surface area contributed by atoms with Gasteiger partial charge in [0.15, 0.2) is 0 Å². The number of fused-ring (bicyclic) bond motifs is 1. The largest absolute Gasteiger partial charge is 0.365 e. The molecule has 0 atom stereocenters. The predicted molar refractivity (Wildman–Crippen MR) is 62.8 cm³/mol. The Balaban J connectivity index is 1.83. The zero-order valence-corrected chi connectivity index (χ0v) is 8.95. The Labute approximate surface area is 90.6 Å². The highest BCUT2D eigenvalue weighted by molar-refractivity contribution is 5.73. The molecular formula is C12H17N3. The lowest BCUT2D eigenvalue weighted by atomic mass is 10.2. The van der Waals surface area contributed by atoms with Crippen LogP contribution < -0.4 is 10.3 Å². The van der Waals surface area contributed by atoms with E-state index >= 15 is 0 Å². The number of para-hydroxylation sites is 2.